The molecule has 0 aliphatic carbocycles. The SMILES string of the molecule is CC(NC(=O)COc1ccccc1C#N)c1nc2ccccc2[nH]1. The second-order valence-electron chi connectivity index (χ2n) is 5.33. The van der Waals surface area contributed by atoms with E-state index < -0.39 is 0 Å². The van der Waals surface area contributed by atoms with Crippen LogP contribution in [0, 0.1) is 11.3 Å². The molecule has 0 radical (unpaired) electrons. The Hall–Kier alpha value is -3.33. The predicted molar refractivity (Wildman–Crippen MR) is 89.3 cm³/mol. The largest absolute Gasteiger partial charge is 0.482 e. The third kappa shape index (κ3) is 3.36. The average molecular weight is 320 g/mol. The van der Waals surface area contributed by atoms with Crippen LogP contribution in [0.2, 0.25) is 0 Å². The van der Waals surface area contributed by atoms with Crippen LogP contribution >= 0.6 is 0 Å². The third-order valence-corrected chi connectivity index (χ3v) is 3.56. The van der Waals surface area contributed by atoms with Gasteiger partial charge in [0.05, 0.1) is 22.6 Å². The summed E-state index contributed by atoms with van der Waals surface area (Å²) in [7, 11) is 0. The fourth-order valence-corrected chi connectivity index (χ4v) is 2.36. The number of hydrogen-bond acceptors (Lipinski definition) is 4. The number of nitriles is 1. The first-order chi connectivity index (χ1) is 11.7. The molecule has 1 aromatic heterocycles. The van der Waals surface area contributed by atoms with Crippen molar-refractivity contribution in [1.29, 1.82) is 5.26 Å². The lowest BCUT2D eigenvalue weighted by Crippen LogP contribution is -2.31. The van der Waals surface area contributed by atoms with E-state index in [1.165, 1.54) is 0 Å². The number of para-hydroxylation sites is 3. The van der Waals surface area contributed by atoms with Crippen molar-refractivity contribution in [3.05, 3.63) is 59.9 Å². The minimum absolute atomic E-state index is 0.163. The maximum Gasteiger partial charge on any atom is 0.258 e. The normalized spacial score (nSPS) is 11.7. The number of benzene rings is 2. The summed E-state index contributed by atoms with van der Waals surface area (Å²) in [6.45, 7) is 1.68. The van der Waals surface area contributed by atoms with E-state index in [0.29, 0.717) is 17.1 Å². The molecular formula is C18H16N4O2. The lowest BCUT2D eigenvalue weighted by atomic mass is 10.2. The molecule has 1 amide bonds. The number of nitrogens with one attached hydrogen (secondary N) is 2. The van der Waals surface area contributed by atoms with Gasteiger partial charge in [-0.15, -0.1) is 0 Å². The fourth-order valence-electron chi connectivity index (χ4n) is 2.36. The topological polar surface area (TPSA) is 90.8 Å². The predicted octanol–water partition coefficient (Wildman–Crippen LogP) is 2.69. The van der Waals surface area contributed by atoms with Crippen LogP contribution in [0.5, 0.6) is 5.75 Å². The lowest BCUT2D eigenvalue weighted by molar-refractivity contribution is -0.123. The maximum absolute atomic E-state index is 12.1. The zero-order chi connectivity index (χ0) is 16.9. The van der Waals surface area contributed by atoms with Crippen LogP contribution in [-0.2, 0) is 4.79 Å². The number of carbonyl (C=O) groups is 1. The van der Waals surface area contributed by atoms with Crippen LogP contribution in [0.15, 0.2) is 48.5 Å². The quantitative estimate of drug-likeness (QED) is 0.756. The molecule has 2 N–H and O–H groups in total. The monoisotopic (exact) mass is 320 g/mol. The molecule has 0 fully saturated rings. The molecule has 1 unspecified atom stereocenters. The zero-order valence-corrected chi connectivity index (χ0v) is 13.1. The van der Waals surface area contributed by atoms with E-state index in [1.54, 1.807) is 24.3 Å². The maximum atomic E-state index is 12.1. The van der Waals surface area contributed by atoms with Gasteiger partial charge < -0.3 is 15.0 Å². The second kappa shape index (κ2) is 6.84. The molecule has 0 spiro atoms. The Bertz CT molecular complexity index is 878. The van der Waals surface area contributed by atoms with E-state index in [0.717, 1.165) is 11.0 Å². The molecule has 2 aromatic carbocycles. The summed E-state index contributed by atoms with van der Waals surface area (Å²) in [6, 6.07) is 16.2. The summed E-state index contributed by atoms with van der Waals surface area (Å²) in [5.74, 6) is 0.796. The molecule has 3 rings (SSSR count). The Balaban J connectivity index is 1.61. The summed E-state index contributed by atoms with van der Waals surface area (Å²) >= 11 is 0. The van der Waals surface area contributed by atoms with Gasteiger partial charge in [0.2, 0.25) is 0 Å². The molecule has 3 aromatic rings. The molecular weight excluding hydrogens is 304 g/mol. The van der Waals surface area contributed by atoms with E-state index >= 15 is 0 Å². The fraction of sp³-hybridized carbons (Fsp3) is 0.167. The van der Waals surface area contributed by atoms with Crippen LogP contribution in [0.25, 0.3) is 11.0 Å². The highest BCUT2D eigenvalue weighted by Gasteiger charge is 2.14. The molecule has 1 atom stereocenters. The Labute approximate surface area is 139 Å². The Morgan fingerprint density at radius 1 is 1.29 bits per heavy atom. The number of imidazole rings is 1. The van der Waals surface area contributed by atoms with Crippen LogP contribution in [-0.4, -0.2) is 22.5 Å². The van der Waals surface area contributed by atoms with Crippen LogP contribution in [0.4, 0.5) is 0 Å². The highest BCUT2D eigenvalue weighted by molar-refractivity contribution is 5.78. The van der Waals surface area contributed by atoms with Crippen molar-refractivity contribution in [2.24, 2.45) is 0 Å². The van der Waals surface area contributed by atoms with Crippen molar-refractivity contribution in [2.45, 2.75) is 13.0 Å². The first kappa shape index (κ1) is 15.6. The molecule has 120 valence electrons. The van der Waals surface area contributed by atoms with Crippen molar-refractivity contribution >= 4 is 16.9 Å². The molecule has 0 aliphatic heterocycles. The number of H-pyrrole nitrogens is 1. The van der Waals surface area contributed by atoms with Gasteiger partial charge in [0.15, 0.2) is 6.61 Å². The van der Waals surface area contributed by atoms with Gasteiger partial charge in [0.25, 0.3) is 5.91 Å². The molecule has 6 nitrogen and oxygen atoms in total. The van der Waals surface area contributed by atoms with Crippen molar-refractivity contribution < 1.29 is 9.53 Å². The highest BCUT2D eigenvalue weighted by atomic mass is 16.5. The molecule has 0 aliphatic rings. The third-order valence-electron chi connectivity index (χ3n) is 3.56. The zero-order valence-electron chi connectivity index (χ0n) is 13.1. The number of aromatic amines is 1. The summed E-state index contributed by atoms with van der Waals surface area (Å²) in [5, 5.41) is 11.8. The van der Waals surface area contributed by atoms with Gasteiger partial charge in [-0.2, -0.15) is 5.26 Å². The van der Waals surface area contributed by atoms with Gasteiger partial charge in [0.1, 0.15) is 17.6 Å². The van der Waals surface area contributed by atoms with E-state index in [2.05, 4.69) is 15.3 Å². The van der Waals surface area contributed by atoms with Crippen molar-refractivity contribution in [1.82, 2.24) is 15.3 Å². The molecule has 0 saturated heterocycles. The number of ether oxygens (including phenoxy) is 1. The van der Waals surface area contributed by atoms with Crippen LogP contribution < -0.4 is 10.1 Å². The number of fused-ring (bicyclic) bond motifs is 1. The summed E-state index contributed by atoms with van der Waals surface area (Å²) in [6.07, 6.45) is 0. The van der Waals surface area contributed by atoms with Gasteiger partial charge >= 0.3 is 0 Å². The smallest absolute Gasteiger partial charge is 0.258 e. The number of aromatic nitrogens is 2. The Kier molecular flexibility index (Phi) is 4.43. The Morgan fingerprint density at radius 3 is 2.83 bits per heavy atom. The van der Waals surface area contributed by atoms with E-state index in [9.17, 15) is 4.79 Å². The number of hydrogen-bond donors (Lipinski definition) is 2. The van der Waals surface area contributed by atoms with Crippen molar-refractivity contribution in [2.75, 3.05) is 6.61 Å². The first-order valence-corrected chi connectivity index (χ1v) is 7.53. The molecule has 0 bridgehead atoms. The number of amides is 1. The Morgan fingerprint density at radius 2 is 2.04 bits per heavy atom. The standard InChI is InChI=1S/C18H16N4O2/c1-12(18-21-14-7-3-4-8-15(14)22-18)20-17(23)11-24-16-9-5-2-6-13(16)10-19/h2-9,12H,11H2,1H3,(H,20,23)(H,21,22). The van der Waals surface area contributed by atoms with Gasteiger partial charge in [-0.05, 0) is 31.2 Å². The minimum Gasteiger partial charge on any atom is -0.482 e. The van der Waals surface area contributed by atoms with E-state index in [-0.39, 0.29) is 18.6 Å². The molecule has 24 heavy (non-hydrogen) atoms. The van der Waals surface area contributed by atoms with Gasteiger partial charge in [-0.3, -0.25) is 4.79 Å². The van der Waals surface area contributed by atoms with Crippen molar-refractivity contribution in [3.63, 3.8) is 0 Å². The summed E-state index contributed by atoms with van der Waals surface area (Å²) in [5.41, 5.74) is 2.18. The number of nitrogens with zero attached hydrogens (tertiary/aromatic N) is 2. The van der Waals surface area contributed by atoms with Gasteiger partial charge in [-0.25, -0.2) is 4.98 Å². The summed E-state index contributed by atoms with van der Waals surface area (Å²) < 4.78 is 5.42. The molecule has 1 heterocycles. The van der Waals surface area contributed by atoms with Crippen LogP contribution in [0.3, 0.4) is 0 Å². The number of carbonyl (C=O) groups excluding carboxylic acids is 1. The highest BCUT2D eigenvalue weighted by Crippen LogP contribution is 2.17. The average Bonchev–Trinajstić information content (AvgIpc) is 3.04. The van der Waals surface area contributed by atoms with Crippen LogP contribution in [0.1, 0.15) is 24.4 Å². The lowest BCUT2D eigenvalue weighted by Gasteiger charge is -2.12. The van der Waals surface area contributed by atoms with Crippen molar-refractivity contribution in [3.8, 4) is 11.8 Å². The number of rotatable bonds is 5. The van der Waals surface area contributed by atoms with Gasteiger partial charge in [0, 0.05) is 0 Å². The first-order valence-electron chi connectivity index (χ1n) is 7.53. The van der Waals surface area contributed by atoms with E-state index in [1.807, 2.05) is 37.3 Å². The summed E-state index contributed by atoms with van der Waals surface area (Å²) in [4.78, 5) is 19.7. The van der Waals surface area contributed by atoms with Gasteiger partial charge in [-0.1, -0.05) is 24.3 Å². The molecule has 6 heteroatoms. The van der Waals surface area contributed by atoms with E-state index in [4.69, 9.17) is 10.00 Å². The second-order valence-corrected chi connectivity index (χ2v) is 5.33. The minimum atomic E-state index is -0.282. The molecule has 0 saturated carbocycles.